The molecule has 0 unspecified atom stereocenters. The van der Waals surface area contributed by atoms with Gasteiger partial charge in [0, 0.05) is 19.7 Å². The van der Waals surface area contributed by atoms with Crippen molar-refractivity contribution in [2.75, 3.05) is 20.7 Å². The summed E-state index contributed by atoms with van der Waals surface area (Å²) in [6.45, 7) is 3.01. The summed E-state index contributed by atoms with van der Waals surface area (Å²) in [5.74, 6) is 0.831. The van der Waals surface area contributed by atoms with E-state index in [-0.39, 0.29) is 0 Å². The van der Waals surface area contributed by atoms with E-state index >= 15 is 0 Å². The molecule has 22 heavy (non-hydrogen) atoms. The standard InChI is InChI=1S/C18H29ClN2O/c1-4-5-6-7-8-9-10-13-22-17-12-11-16(18(19)14-17)15-20-21(2)3/h11-12,14-15H,4-10,13H2,1-3H3/b20-15+. The van der Waals surface area contributed by atoms with E-state index in [1.165, 1.54) is 38.5 Å². The third-order valence-corrected chi connectivity index (χ3v) is 3.74. The molecule has 0 bridgehead atoms. The van der Waals surface area contributed by atoms with E-state index in [1.54, 1.807) is 11.2 Å². The summed E-state index contributed by atoms with van der Waals surface area (Å²) in [5.41, 5.74) is 0.902. The average Bonchev–Trinajstić information content (AvgIpc) is 2.49. The maximum atomic E-state index is 6.23. The molecule has 0 aliphatic carbocycles. The summed E-state index contributed by atoms with van der Waals surface area (Å²) in [5, 5.41) is 6.59. The van der Waals surface area contributed by atoms with Crippen LogP contribution in [0.1, 0.15) is 57.4 Å². The van der Waals surface area contributed by atoms with Crippen molar-refractivity contribution in [1.82, 2.24) is 5.01 Å². The summed E-state index contributed by atoms with van der Waals surface area (Å²) in [6.07, 6.45) is 10.8. The monoisotopic (exact) mass is 324 g/mol. The van der Waals surface area contributed by atoms with Crippen molar-refractivity contribution in [1.29, 1.82) is 0 Å². The first kappa shape index (κ1) is 18.8. The molecule has 0 amide bonds. The molecule has 4 heteroatoms. The van der Waals surface area contributed by atoms with E-state index in [9.17, 15) is 0 Å². The molecule has 0 radical (unpaired) electrons. The smallest absolute Gasteiger partial charge is 0.120 e. The highest BCUT2D eigenvalue weighted by Gasteiger charge is 2.01. The number of hydrogen-bond donors (Lipinski definition) is 0. The molecule has 0 saturated heterocycles. The van der Waals surface area contributed by atoms with Crippen LogP contribution in [0, 0.1) is 0 Å². The van der Waals surface area contributed by atoms with Crippen molar-refractivity contribution in [2.45, 2.75) is 51.9 Å². The number of nitrogens with zero attached hydrogens (tertiary/aromatic N) is 2. The van der Waals surface area contributed by atoms with Gasteiger partial charge in [-0.05, 0) is 24.6 Å². The van der Waals surface area contributed by atoms with Crippen LogP contribution in [0.4, 0.5) is 0 Å². The van der Waals surface area contributed by atoms with Gasteiger partial charge in [0.05, 0.1) is 17.8 Å². The van der Waals surface area contributed by atoms with Gasteiger partial charge in [0.15, 0.2) is 0 Å². The molecule has 124 valence electrons. The van der Waals surface area contributed by atoms with E-state index in [1.807, 2.05) is 32.3 Å². The van der Waals surface area contributed by atoms with Gasteiger partial charge in [-0.2, -0.15) is 5.10 Å². The fraction of sp³-hybridized carbons (Fsp3) is 0.611. The number of ether oxygens (including phenoxy) is 1. The van der Waals surface area contributed by atoms with Gasteiger partial charge in [0.25, 0.3) is 0 Å². The van der Waals surface area contributed by atoms with Crippen LogP contribution in [0.3, 0.4) is 0 Å². The molecule has 3 nitrogen and oxygen atoms in total. The van der Waals surface area contributed by atoms with Gasteiger partial charge in [-0.15, -0.1) is 0 Å². The van der Waals surface area contributed by atoms with Gasteiger partial charge >= 0.3 is 0 Å². The molecule has 1 aromatic carbocycles. The molecule has 0 N–H and O–H groups in total. The summed E-state index contributed by atoms with van der Waals surface area (Å²) < 4.78 is 5.76. The molecule has 0 atom stereocenters. The molecule has 0 aromatic heterocycles. The molecular formula is C18H29ClN2O. The lowest BCUT2D eigenvalue weighted by Gasteiger charge is -2.08. The second-order valence-corrected chi connectivity index (χ2v) is 6.15. The predicted octanol–water partition coefficient (Wildman–Crippen LogP) is 5.36. The molecule has 0 saturated carbocycles. The zero-order valence-electron chi connectivity index (χ0n) is 14.1. The highest BCUT2D eigenvalue weighted by atomic mass is 35.5. The maximum Gasteiger partial charge on any atom is 0.120 e. The van der Waals surface area contributed by atoms with E-state index < -0.39 is 0 Å². The van der Waals surface area contributed by atoms with Crippen molar-refractivity contribution in [3.63, 3.8) is 0 Å². The Morgan fingerprint density at radius 2 is 1.77 bits per heavy atom. The van der Waals surface area contributed by atoms with Gasteiger partial charge in [0.2, 0.25) is 0 Å². The first-order valence-corrected chi connectivity index (χ1v) is 8.65. The van der Waals surface area contributed by atoms with Crippen LogP contribution in [-0.2, 0) is 0 Å². The van der Waals surface area contributed by atoms with Crippen LogP contribution in [0.25, 0.3) is 0 Å². The van der Waals surface area contributed by atoms with E-state index in [0.717, 1.165) is 24.3 Å². The molecule has 1 rings (SSSR count). The van der Waals surface area contributed by atoms with Crippen LogP contribution < -0.4 is 4.74 Å². The van der Waals surface area contributed by atoms with Crippen molar-refractivity contribution in [2.24, 2.45) is 5.10 Å². The van der Waals surface area contributed by atoms with Crippen molar-refractivity contribution in [3.05, 3.63) is 28.8 Å². The fourth-order valence-corrected chi connectivity index (χ4v) is 2.35. The Labute approximate surface area is 140 Å². The molecular weight excluding hydrogens is 296 g/mol. The van der Waals surface area contributed by atoms with Gasteiger partial charge in [-0.1, -0.05) is 57.0 Å². The topological polar surface area (TPSA) is 24.8 Å². The predicted molar refractivity (Wildman–Crippen MR) is 96.2 cm³/mol. The Bertz CT molecular complexity index is 447. The molecule has 0 spiro atoms. The highest BCUT2D eigenvalue weighted by molar-refractivity contribution is 6.33. The Balaban J connectivity index is 2.25. The second-order valence-electron chi connectivity index (χ2n) is 5.74. The first-order valence-electron chi connectivity index (χ1n) is 8.27. The summed E-state index contributed by atoms with van der Waals surface area (Å²) in [6, 6.07) is 5.75. The Morgan fingerprint density at radius 3 is 2.41 bits per heavy atom. The lowest BCUT2D eigenvalue weighted by atomic mass is 10.1. The number of hydrazone groups is 1. The number of benzene rings is 1. The third-order valence-electron chi connectivity index (χ3n) is 3.42. The van der Waals surface area contributed by atoms with Gasteiger partial charge in [-0.25, -0.2) is 0 Å². The number of rotatable bonds is 11. The quantitative estimate of drug-likeness (QED) is 0.311. The van der Waals surface area contributed by atoms with Crippen LogP contribution in [-0.4, -0.2) is 31.9 Å². The van der Waals surface area contributed by atoms with Crippen LogP contribution in [0.5, 0.6) is 5.75 Å². The zero-order valence-corrected chi connectivity index (χ0v) is 14.9. The van der Waals surface area contributed by atoms with Crippen molar-refractivity contribution in [3.8, 4) is 5.75 Å². The lowest BCUT2D eigenvalue weighted by Crippen LogP contribution is -2.02. The van der Waals surface area contributed by atoms with Crippen LogP contribution >= 0.6 is 11.6 Å². The molecule has 0 aliphatic rings. The van der Waals surface area contributed by atoms with Crippen LogP contribution in [0.2, 0.25) is 5.02 Å². The molecule has 1 aromatic rings. The normalized spacial score (nSPS) is 11.1. The lowest BCUT2D eigenvalue weighted by molar-refractivity contribution is 0.304. The molecule has 0 aliphatic heterocycles. The molecule has 0 heterocycles. The minimum Gasteiger partial charge on any atom is -0.494 e. The van der Waals surface area contributed by atoms with E-state index in [4.69, 9.17) is 16.3 Å². The van der Waals surface area contributed by atoms with Gasteiger partial charge in [-0.3, -0.25) is 0 Å². The van der Waals surface area contributed by atoms with Crippen LogP contribution in [0.15, 0.2) is 23.3 Å². The maximum absolute atomic E-state index is 6.23. The zero-order chi connectivity index (χ0) is 16.2. The third kappa shape index (κ3) is 8.28. The fourth-order valence-electron chi connectivity index (χ4n) is 2.13. The minimum absolute atomic E-state index is 0.669. The van der Waals surface area contributed by atoms with E-state index in [0.29, 0.717) is 5.02 Å². The summed E-state index contributed by atoms with van der Waals surface area (Å²) in [7, 11) is 3.76. The largest absolute Gasteiger partial charge is 0.494 e. The minimum atomic E-state index is 0.669. The Kier molecular flexibility index (Phi) is 9.72. The Morgan fingerprint density at radius 1 is 1.09 bits per heavy atom. The second kappa shape index (κ2) is 11.4. The summed E-state index contributed by atoms with van der Waals surface area (Å²) in [4.78, 5) is 0. The van der Waals surface area contributed by atoms with Gasteiger partial charge in [0.1, 0.15) is 5.75 Å². The number of hydrogen-bond acceptors (Lipinski definition) is 3. The number of unbranched alkanes of at least 4 members (excludes halogenated alkanes) is 6. The van der Waals surface area contributed by atoms with Crippen molar-refractivity contribution >= 4 is 17.8 Å². The molecule has 0 fully saturated rings. The van der Waals surface area contributed by atoms with E-state index in [2.05, 4.69) is 12.0 Å². The van der Waals surface area contributed by atoms with Gasteiger partial charge < -0.3 is 9.75 Å². The Hall–Kier alpha value is -1.22. The SMILES string of the molecule is CCCCCCCCCOc1ccc(/C=N/N(C)C)c(Cl)c1. The number of halogens is 1. The first-order chi connectivity index (χ1) is 10.6. The average molecular weight is 325 g/mol. The summed E-state index contributed by atoms with van der Waals surface area (Å²) >= 11 is 6.23. The van der Waals surface area contributed by atoms with Crippen molar-refractivity contribution < 1.29 is 4.74 Å². The highest BCUT2D eigenvalue weighted by Crippen LogP contribution is 2.21.